The number of fused-ring (bicyclic) bond motifs is 2. The van der Waals surface area contributed by atoms with Gasteiger partial charge >= 0.3 is 0 Å². The minimum atomic E-state index is -0.0159. The molecule has 0 aliphatic carbocycles. The van der Waals surface area contributed by atoms with Gasteiger partial charge in [0.1, 0.15) is 6.61 Å². The van der Waals surface area contributed by atoms with Crippen LogP contribution >= 0.6 is 11.8 Å². The van der Waals surface area contributed by atoms with Crippen molar-refractivity contribution >= 4 is 29.1 Å². The molecule has 1 aliphatic rings. The highest BCUT2D eigenvalue weighted by atomic mass is 32.2. The molecule has 0 atom stereocenters. The van der Waals surface area contributed by atoms with Crippen LogP contribution in [0.15, 0.2) is 48.5 Å². The summed E-state index contributed by atoms with van der Waals surface area (Å²) in [5.74, 6) is 7.37. The van der Waals surface area contributed by atoms with E-state index in [2.05, 4.69) is 11.8 Å². The Labute approximate surface area is 212 Å². The van der Waals surface area contributed by atoms with Crippen molar-refractivity contribution in [1.29, 1.82) is 0 Å². The number of carbonyl (C=O) groups is 2. The standard InChI is InChI=1S/C28H33NO5S/c1-35-20-19-33-16-15-32-17-18-34-22-26(30)10-6-12-28(31)29-21-25-9-3-2-7-23(25)13-14-24-8-4-5-11-27(24)29/h2-5,7-9,11H,6,10,12,15-22H2,1H3. The fourth-order valence-electron chi connectivity index (χ4n) is 3.62. The van der Waals surface area contributed by atoms with Gasteiger partial charge in [-0.2, -0.15) is 11.8 Å². The predicted molar refractivity (Wildman–Crippen MR) is 140 cm³/mol. The van der Waals surface area contributed by atoms with E-state index in [1.807, 2.05) is 54.8 Å². The SMILES string of the molecule is CSCCOCCOCCOCC(=O)CCCC(=O)N1Cc2ccccc2C#Cc2ccccc21. The predicted octanol–water partition coefficient (Wildman–Crippen LogP) is 4.09. The van der Waals surface area contributed by atoms with Crippen LogP contribution in [0.5, 0.6) is 0 Å². The average Bonchev–Trinajstić information content (AvgIpc) is 2.86. The number of thioether (sulfide) groups is 1. The van der Waals surface area contributed by atoms with Gasteiger partial charge in [-0.1, -0.05) is 42.2 Å². The number of para-hydroxylation sites is 1. The highest BCUT2D eigenvalue weighted by Crippen LogP contribution is 2.26. The van der Waals surface area contributed by atoms with Crippen molar-refractivity contribution in [2.75, 3.05) is 56.5 Å². The third-order valence-electron chi connectivity index (χ3n) is 5.46. The smallest absolute Gasteiger partial charge is 0.227 e. The molecule has 1 aliphatic heterocycles. The zero-order valence-corrected chi connectivity index (χ0v) is 21.1. The maximum absolute atomic E-state index is 13.2. The quantitative estimate of drug-likeness (QED) is 0.274. The summed E-state index contributed by atoms with van der Waals surface area (Å²) in [7, 11) is 0. The maximum Gasteiger partial charge on any atom is 0.227 e. The van der Waals surface area contributed by atoms with E-state index in [4.69, 9.17) is 14.2 Å². The number of nitrogens with zero attached hydrogens (tertiary/aromatic N) is 1. The lowest BCUT2D eigenvalue weighted by Crippen LogP contribution is -2.31. The normalized spacial score (nSPS) is 12.1. The van der Waals surface area contributed by atoms with Crippen molar-refractivity contribution in [2.45, 2.75) is 25.8 Å². The van der Waals surface area contributed by atoms with E-state index in [0.717, 1.165) is 34.7 Å². The molecule has 0 fully saturated rings. The molecule has 1 amide bonds. The summed E-state index contributed by atoms with van der Waals surface area (Å²) in [5.41, 5.74) is 3.58. The fraction of sp³-hybridized carbons (Fsp3) is 0.429. The molecule has 0 radical (unpaired) electrons. The van der Waals surface area contributed by atoms with Crippen molar-refractivity contribution in [3.05, 3.63) is 65.2 Å². The number of anilines is 1. The minimum Gasteiger partial charge on any atom is -0.378 e. The van der Waals surface area contributed by atoms with Gasteiger partial charge < -0.3 is 19.1 Å². The van der Waals surface area contributed by atoms with Crippen molar-refractivity contribution in [3.63, 3.8) is 0 Å². The Morgan fingerprint density at radius 1 is 0.857 bits per heavy atom. The Balaban J connectivity index is 1.39. The van der Waals surface area contributed by atoms with Crippen molar-refractivity contribution in [2.24, 2.45) is 0 Å². The maximum atomic E-state index is 13.2. The Morgan fingerprint density at radius 3 is 2.31 bits per heavy atom. The summed E-state index contributed by atoms with van der Waals surface area (Å²) >= 11 is 1.75. The van der Waals surface area contributed by atoms with Gasteiger partial charge in [0.25, 0.3) is 0 Å². The molecule has 2 aromatic rings. The summed E-state index contributed by atoms with van der Waals surface area (Å²) in [4.78, 5) is 27.1. The zero-order chi connectivity index (χ0) is 24.7. The first-order valence-corrected chi connectivity index (χ1v) is 13.3. The second-order valence-corrected chi connectivity index (χ2v) is 9.05. The monoisotopic (exact) mass is 495 g/mol. The second-order valence-electron chi connectivity index (χ2n) is 8.07. The molecule has 35 heavy (non-hydrogen) atoms. The van der Waals surface area contributed by atoms with Gasteiger partial charge in [-0.15, -0.1) is 0 Å². The number of ether oxygens (including phenoxy) is 3. The summed E-state index contributed by atoms with van der Waals surface area (Å²) in [6.45, 7) is 3.09. The summed E-state index contributed by atoms with van der Waals surface area (Å²) < 4.78 is 16.2. The fourth-order valence-corrected chi connectivity index (χ4v) is 3.90. The summed E-state index contributed by atoms with van der Waals surface area (Å²) in [6.07, 6.45) is 3.12. The Morgan fingerprint density at radius 2 is 1.51 bits per heavy atom. The Hall–Kier alpha value is -2.63. The molecule has 6 nitrogen and oxygen atoms in total. The van der Waals surface area contributed by atoms with Crippen LogP contribution in [-0.2, 0) is 30.3 Å². The lowest BCUT2D eigenvalue weighted by molar-refractivity contribution is -0.124. The minimum absolute atomic E-state index is 0.0116. The van der Waals surface area contributed by atoms with Crippen LogP contribution in [0.1, 0.15) is 36.0 Å². The first-order chi connectivity index (χ1) is 17.2. The number of ketones is 1. The molecule has 0 saturated heterocycles. The van der Waals surface area contributed by atoms with Crippen LogP contribution in [0.25, 0.3) is 0 Å². The van der Waals surface area contributed by atoms with Crippen molar-refractivity contribution < 1.29 is 23.8 Å². The molecular weight excluding hydrogens is 462 g/mol. The molecule has 0 unspecified atom stereocenters. The molecule has 2 aromatic carbocycles. The number of benzene rings is 2. The van der Waals surface area contributed by atoms with Crippen LogP contribution in [0, 0.1) is 11.8 Å². The number of hydrogen-bond donors (Lipinski definition) is 0. The summed E-state index contributed by atoms with van der Waals surface area (Å²) in [6, 6.07) is 15.6. The molecule has 0 bridgehead atoms. The summed E-state index contributed by atoms with van der Waals surface area (Å²) in [5, 5.41) is 0. The molecule has 1 heterocycles. The van der Waals surface area contributed by atoms with E-state index in [0.29, 0.717) is 45.8 Å². The van der Waals surface area contributed by atoms with Gasteiger partial charge in [0, 0.05) is 29.7 Å². The second kappa shape index (κ2) is 15.4. The van der Waals surface area contributed by atoms with Crippen molar-refractivity contribution in [1.82, 2.24) is 0 Å². The van der Waals surface area contributed by atoms with E-state index >= 15 is 0 Å². The highest BCUT2D eigenvalue weighted by Gasteiger charge is 2.21. The van der Waals surface area contributed by atoms with E-state index in [1.54, 1.807) is 16.7 Å². The third-order valence-corrected chi connectivity index (χ3v) is 6.03. The van der Waals surface area contributed by atoms with Gasteiger partial charge in [-0.05, 0) is 36.4 Å². The largest absolute Gasteiger partial charge is 0.378 e. The molecule has 3 rings (SSSR count). The number of rotatable bonds is 15. The lowest BCUT2D eigenvalue weighted by atomic mass is 10.0. The molecule has 0 saturated carbocycles. The number of carbonyl (C=O) groups excluding carboxylic acids is 2. The molecule has 7 heteroatoms. The topological polar surface area (TPSA) is 65.1 Å². The third kappa shape index (κ3) is 9.15. The van der Waals surface area contributed by atoms with E-state index < -0.39 is 0 Å². The molecule has 0 N–H and O–H groups in total. The van der Waals surface area contributed by atoms with Crippen LogP contribution in [0.3, 0.4) is 0 Å². The number of Topliss-reactive ketones (excluding diaryl/α,β-unsaturated/α-hetero) is 1. The van der Waals surface area contributed by atoms with Crippen LogP contribution in [0.4, 0.5) is 5.69 Å². The highest BCUT2D eigenvalue weighted by molar-refractivity contribution is 7.98. The van der Waals surface area contributed by atoms with Gasteiger partial charge in [0.2, 0.25) is 5.91 Å². The van der Waals surface area contributed by atoms with E-state index in [-0.39, 0.29) is 24.7 Å². The number of amides is 1. The van der Waals surface area contributed by atoms with Gasteiger partial charge in [-0.3, -0.25) is 9.59 Å². The zero-order valence-electron chi connectivity index (χ0n) is 20.3. The van der Waals surface area contributed by atoms with E-state index in [1.165, 1.54) is 0 Å². The van der Waals surface area contributed by atoms with Gasteiger partial charge in [0.05, 0.1) is 45.3 Å². The molecule has 0 spiro atoms. The first-order valence-electron chi connectivity index (χ1n) is 11.9. The molecular formula is C28H33NO5S. The van der Waals surface area contributed by atoms with Crippen LogP contribution in [0.2, 0.25) is 0 Å². The molecule has 0 aromatic heterocycles. The van der Waals surface area contributed by atoms with Gasteiger partial charge in [0.15, 0.2) is 5.78 Å². The van der Waals surface area contributed by atoms with Crippen molar-refractivity contribution in [3.8, 4) is 11.8 Å². The first kappa shape index (κ1) is 27.0. The van der Waals surface area contributed by atoms with Crippen LogP contribution < -0.4 is 4.90 Å². The van der Waals surface area contributed by atoms with Crippen LogP contribution in [-0.4, -0.2) is 63.3 Å². The lowest BCUT2D eigenvalue weighted by Gasteiger charge is -2.26. The molecule has 186 valence electrons. The average molecular weight is 496 g/mol. The Kier molecular flexibility index (Phi) is 11.9. The van der Waals surface area contributed by atoms with Gasteiger partial charge in [-0.25, -0.2) is 0 Å². The Bertz CT molecular complexity index is 1030. The number of hydrogen-bond acceptors (Lipinski definition) is 6. The van der Waals surface area contributed by atoms with E-state index in [9.17, 15) is 9.59 Å².